The predicted octanol–water partition coefficient (Wildman–Crippen LogP) is 2.06. The van der Waals surface area contributed by atoms with E-state index in [1.54, 1.807) is 0 Å². The number of anilines is 2. The van der Waals surface area contributed by atoms with E-state index < -0.39 is 0 Å². The lowest BCUT2D eigenvalue weighted by atomic mass is 10.2. The van der Waals surface area contributed by atoms with Crippen LogP contribution in [0, 0.1) is 0 Å². The van der Waals surface area contributed by atoms with Crippen molar-refractivity contribution in [2.75, 3.05) is 51.5 Å². The van der Waals surface area contributed by atoms with Gasteiger partial charge in [-0.25, -0.2) is 0 Å². The first kappa shape index (κ1) is 14.6. The molecule has 0 atom stereocenters. The van der Waals surface area contributed by atoms with E-state index >= 15 is 0 Å². The maximum atomic E-state index is 5.90. The van der Waals surface area contributed by atoms with Gasteiger partial charge in [-0.15, -0.1) is 0 Å². The van der Waals surface area contributed by atoms with Gasteiger partial charge in [0.1, 0.15) is 5.75 Å². The first-order chi connectivity index (χ1) is 8.54. The Labute approximate surface area is 110 Å². The number of nitrogens with zero attached hydrogens (tertiary/aromatic N) is 2. The van der Waals surface area contributed by atoms with Crippen molar-refractivity contribution in [3.63, 3.8) is 0 Å². The average Bonchev–Trinajstić information content (AvgIpc) is 2.35. The molecule has 4 nitrogen and oxygen atoms in total. The molecule has 0 amide bonds. The van der Waals surface area contributed by atoms with Crippen molar-refractivity contribution < 1.29 is 4.74 Å². The topological polar surface area (TPSA) is 41.7 Å². The third-order valence-electron chi connectivity index (χ3n) is 2.78. The van der Waals surface area contributed by atoms with Crippen LogP contribution in [0.4, 0.5) is 11.4 Å². The first-order valence-electron chi connectivity index (χ1n) is 6.42. The molecule has 1 aromatic carbocycles. The lowest BCUT2D eigenvalue weighted by Crippen LogP contribution is -2.28. The molecule has 1 rings (SSSR count). The van der Waals surface area contributed by atoms with E-state index in [1.807, 2.05) is 18.2 Å². The van der Waals surface area contributed by atoms with Gasteiger partial charge in [0.15, 0.2) is 0 Å². The standard InChI is InChI=1S/C14H25N3O/c1-5-10-18-14-11-12(6-7-13(14)15)17(4)9-8-16(2)3/h6-7,11H,5,8-10,15H2,1-4H3. The molecule has 0 aliphatic rings. The van der Waals surface area contributed by atoms with Crippen molar-refractivity contribution in [1.29, 1.82) is 0 Å². The number of hydrogen-bond acceptors (Lipinski definition) is 4. The summed E-state index contributed by atoms with van der Waals surface area (Å²) in [7, 11) is 6.23. The van der Waals surface area contributed by atoms with Crippen LogP contribution in [-0.2, 0) is 0 Å². The summed E-state index contributed by atoms with van der Waals surface area (Å²) in [4.78, 5) is 4.38. The largest absolute Gasteiger partial charge is 0.491 e. The Hall–Kier alpha value is -1.42. The molecular weight excluding hydrogens is 226 g/mol. The fraction of sp³-hybridized carbons (Fsp3) is 0.571. The second-order valence-corrected chi connectivity index (χ2v) is 4.80. The highest BCUT2D eigenvalue weighted by Crippen LogP contribution is 2.27. The molecule has 0 aliphatic heterocycles. The highest BCUT2D eigenvalue weighted by atomic mass is 16.5. The lowest BCUT2D eigenvalue weighted by Gasteiger charge is -2.22. The number of likely N-dealkylation sites (N-methyl/N-ethyl adjacent to an activating group) is 2. The molecule has 0 fully saturated rings. The van der Waals surface area contributed by atoms with E-state index in [9.17, 15) is 0 Å². The molecule has 1 aromatic rings. The first-order valence-corrected chi connectivity index (χ1v) is 6.42. The molecular formula is C14H25N3O. The fourth-order valence-corrected chi connectivity index (χ4v) is 1.58. The Kier molecular flexibility index (Phi) is 5.78. The summed E-state index contributed by atoms with van der Waals surface area (Å²) in [6.45, 7) is 4.79. The van der Waals surface area contributed by atoms with Crippen LogP contribution < -0.4 is 15.4 Å². The summed E-state index contributed by atoms with van der Waals surface area (Å²) in [5.74, 6) is 0.783. The van der Waals surface area contributed by atoms with Crippen molar-refractivity contribution in [3.05, 3.63) is 18.2 Å². The van der Waals surface area contributed by atoms with Gasteiger partial charge in [-0.1, -0.05) is 6.92 Å². The molecule has 0 heterocycles. The van der Waals surface area contributed by atoms with E-state index in [1.165, 1.54) is 0 Å². The SMILES string of the molecule is CCCOc1cc(N(C)CCN(C)C)ccc1N. The molecule has 0 aliphatic carbocycles. The van der Waals surface area contributed by atoms with Gasteiger partial charge in [-0.05, 0) is 32.6 Å². The smallest absolute Gasteiger partial charge is 0.144 e. The van der Waals surface area contributed by atoms with Gasteiger partial charge < -0.3 is 20.3 Å². The monoisotopic (exact) mass is 251 g/mol. The molecule has 2 N–H and O–H groups in total. The average molecular weight is 251 g/mol. The lowest BCUT2D eigenvalue weighted by molar-refractivity contribution is 0.319. The van der Waals surface area contributed by atoms with Gasteiger partial charge in [0.2, 0.25) is 0 Å². The number of benzene rings is 1. The van der Waals surface area contributed by atoms with Crippen molar-refractivity contribution in [3.8, 4) is 5.75 Å². The van der Waals surface area contributed by atoms with Gasteiger partial charge >= 0.3 is 0 Å². The molecule has 0 spiro atoms. The molecule has 0 saturated carbocycles. The Balaban J connectivity index is 2.70. The van der Waals surface area contributed by atoms with E-state index in [-0.39, 0.29) is 0 Å². The minimum atomic E-state index is 0.702. The van der Waals surface area contributed by atoms with Crippen LogP contribution in [0.2, 0.25) is 0 Å². The zero-order valence-electron chi connectivity index (χ0n) is 11.9. The van der Waals surface area contributed by atoms with Crippen LogP contribution in [0.15, 0.2) is 18.2 Å². The van der Waals surface area contributed by atoms with E-state index in [0.717, 1.165) is 30.9 Å². The number of rotatable bonds is 7. The highest BCUT2D eigenvalue weighted by Gasteiger charge is 2.06. The number of nitrogen functional groups attached to an aromatic ring is 1. The quantitative estimate of drug-likeness (QED) is 0.753. The Bertz CT molecular complexity index is 366. The highest BCUT2D eigenvalue weighted by molar-refractivity contribution is 5.62. The second kappa shape index (κ2) is 7.11. The van der Waals surface area contributed by atoms with Crippen molar-refractivity contribution in [2.45, 2.75) is 13.3 Å². The van der Waals surface area contributed by atoms with Crippen LogP contribution in [0.1, 0.15) is 13.3 Å². The van der Waals surface area contributed by atoms with Crippen LogP contribution in [0.5, 0.6) is 5.75 Å². The Morgan fingerprint density at radius 3 is 2.50 bits per heavy atom. The normalized spacial score (nSPS) is 10.7. The molecule has 0 bridgehead atoms. The third-order valence-corrected chi connectivity index (χ3v) is 2.78. The summed E-state index contributed by atoms with van der Waals surface area (Å²) in [6.07, 6.45) is 0.986. The maximum absolute atomic E-state index is 5.90. The van der Waals surface area contributed by atoms with Crippen molar-refractivity contribution in [2.24, 2.45) is 0 Å². The van der Waals surface area contributed by atoms with Gasteiger partial charge in [0.25, 0.3) is 0 Å². The van der Waals surface area contributed by atoms with Crippen LogP contribution in [-0.4, -0.2) is 45.7 Å². The van der Waals surface area contributed by atoms with Crippen LogP contribution >= 0.6 is 0 Å². The van der Waals surface area contributed by atoms with Crippen LogP contribution in [0.3, 0.4) is 0 Å². The predicted molar refractivity (Wildman–Crippen MR) is 78.5 cm³/mol. The minimum Gasteiger partial charge on any atom is -0.491 e. The van der Waals surface area contributed by atoms with E-state index in [4.69, 9.17) is 10.5 Å². The number of hydrogen-bond donors (Lipinski definition) is 1. The molecule has 0 radical (unpaired) electrons. The molecule has 0 saturated heterocycles. The van der Waals surface area contributed by atoms with Gasteiger partial charge in [0, 0.05) is 31.9 Å². The number of ether oxygens (including phenoxy) is 1. The molecule has 102 valence electrons. The van der Waals surface area contributed by atoms with Crippen LogP contribution in [0.25, 0.3) is 0 Å². The maximum Gasteiger partial charge on any atom is 0.144 e. The van der Waals surface area contributed by atoms with Gasteiger partial charge in [0.05, 0.1) is 12.3 Å². The zero-order chi connectivity index (χ0) is 13.5. The fourth-order valence-electron chi connectivity index (χ4n) is 1.58. The Morgan fingerprint density at radius 2 is 1.89 bits per heavy atom. The summed E-state index contributed by atoms with van der Waals surface area (Å²) < 4.78 is 5.64. The summed E-state index contributed by atoms with van der Waals surface area (Å²) in [6, 6.07) is 5.96. The summed E-state index contributed by atoms with van der Waals surface area (Å²) in [5.41, 5.74) is 7.74. The van der Waals surface area contributed by atoms with Gasteiger partial charge in [-0.3, -0.25) is 0 Å². The Morgan fingerprint density at radius 1 is 1.17 bits per heavy atom. The second-order valence-electron chi connectivity index (χ2n) is 4.80. The minimum absolute atomic E-state index is 0.702. The van der Waals surface area contributed by atoms with E-state index in [0.29, 0.717) is 12.3 Å². The third kappa shape index (κ3) is 4.45. The van der Waals surface area contributed by atoms with Gasteiger partial charge in [-0.2, -0.15) is 0 Å². The summed E-state index contributed by atoms with van der Waals surface area (Å²) in [5, 5.41) is 0. The molecule has 4 heteroatoms. The number of nitrogens with two attached hydrogens (primary N) is 1. The van der Waals surface area contributed by atoms with Crippen molar-refractivity contribution in [1.82, 2.24) is 4.90 Å². The van der Waals surface area contributed by atoms with Crippen molar-refractivity contribution >= 4 is 11.4 Å². The molecule has 18 heavy (non-hydrogen) atoms. The van der Waals surface area contributed by atoms with E-state index in [2.05, 4.69) is 37.9 Å². The molecule has 0 unspecified atom stereocenters. The molecule has 0 aromatic heterocycles. The zero-order valence-corrected chi connectivity index (χ0v) is 11.9. The summed E-state index contributed by atoms with van der Waals surface area (Å²) >= 11 is 0.